The van der Waals surface area contributed by atoms with Gasteiger partial charge in [-0.05, 0) is 24.8 Å². The Kier molecular flexibility index (Phi) is 3.98. The van der Waals surface area contributed by atoms with Crippen LogP contribution in [0.5, 0.6) is 0 Å². The summed E-state index contributed by atoms with van der Waals surface area (Å²) in [5.41, 5.74) is 0.913. The van der Waals surface area contributed by atoms with Crippen molar-refractivity contribution < 1.29 is 19.4 Å². The molecule has 17 heavy (non-hydrogen) atoms. The van der Waals surface area contributed by atoms with E-state index in [4.69, 9.17) is 9.47 Å². The van der Waals surface area contributed by atoms with Crippen LogP contribution in [0.15, 0.2) is 30.3 Å². The monoisotopic (exact) mass is 236 g/mol. The predicted octanol–water partition coefficient (Wildman–Crippen LogP) is 2.25. The van der Waals surface area contributed by atoms with Crippen LogP contribution in [0.4, 0.5) is 4.79 Å². The number of ether oxygens (including phenoxy) is 2. The van der Waals surface area contributed by atoms with Crippen molar-refractivity contribution in [3.8, 4) is 0 Å². The summed E-state index contributed by atoms with van der Waals surface area (Å²) in [5.74, 6) is 0. The molecule has 2 rings (SSSR count). The van der Waals surface area contributed by atoms with Crippen molar-refractivity contribution in [1.29, 1.82) is 0 Å². The molecule has 0 radical (unpaired) electrons. The van der Waals surface area contributed by atoms with Crippen molar-refractivity contribution in [2.45, 2.75) is 38.1 Å². The lowest BCUT2D eigenvalue weighted by molar-refractivity contribution is -0.0205. The summed E-state index contributed by atoms with van der Waals surface area (Å²) in [5, 5.41) is 9.49. The first-order valence-electron chi connectivity index (χ1n) is 5.81. The van der Waals surface area contributed by atoms with Gasteiger partial charge in [-0.25, -0.2) is 4.79 Å². The number of hydrogen-bond donors (Lipinski definition) is 1. The van der Waals surface area contributed by atoms with Gasteiger partial charge < -0.3 is 14.6 Å². The molecule has 2 unspecified atom stereocenters. The maximum Gasteiger partial charge on any atom is 0.508 e. The van der Waals surface area contributed by atoms with E-state index in [0.29, 0.717) is 12.8 Å². The van der Waals surface area contributed by atoms with Gasteiger partial charge in [0.05, 0.1) is 6.10 Å². The lowest BCUT2D eigenvalue weighted by atomic mass is 10.2. The van der Waals surface area contributed by atoms with Crippen LogP contribution in [-0.2, 0) is 16.1 Å². The van der Waals surface area contributed by atoms with Gasteiger partial charge in [-0.15, -0.1) is 0 Å². The van der Waals surface area contributed by atoms with Crippen LogP contribution >= 0.6 is 0 Å². The van der Waals surface area contributed by atoms with E-state index in [-0.39, 0.29) is 6.61 Å². The Morgan fingerprint density at radius 3 is 2.71 bits per heavy atom. The lowest BCUT2D eigenvalue weighted by Gasteiger charge is -2.15. The molecule has 1 aliphatic rings. The average Bonchev–Trinajstić information content (AvgIpc) is 2.74. The summed E-state index contributed by atoms with van der Waals surface area (Å²) >= 11 is 0. The number of aliphatic hydroxyl groups excluding tert-OH is 1. The molecule has 1 aromatic rings. The smallest absolute Gasteiger partial charge is 0.429 e. The van der Waals surface area contributed by atoms with E-state index in [1.165, 1.54) is 0 Å². The molecule has 0 saturated heterocycles. The number of hydrogen-bond acceptors (Lipinski definition) is 4. The Morgan fingerprint density at radius 1 is 1.29 bits per heavy atom. The molecule has 1 aliphatic carbocycles. The van der Waals surface area contributed by atoms with E-state index >= 15 is 0 Å². The van der Waals surface area contributed by atoms with E-state index in [1.807, 2.05) is 30.3 Å². The van der Waals surface area contributed by atoms with Crippen LogP contribution in [0.25, 0.3) is 0 Å². The topological polar surface area (TPSA) is 55.8 Å². The maximum absolute atomic E-state index is 11.4. The van der Waals surface area contributed by atoms with Gasteiger partial charge in [0, 0.05) is 0 Å². The molecule has 0 heterocycles. The van der Waals surface area contributed by atoms with Crippen molar-refractivity contribution in [3.05, 3.63) is 35.9 Å². The quantitative estimate of drug-likeness (QED) is 0.818. The molecule has 1 aromatic carbocycles. The molecule has 0 bridgehead atoms. The standard InChI is InChI=1S/C13H16O4/c14-11-7-4-8-12(11)17-13(15)16-9-10-5-2-1-3-6-10/h1-3,5-6,11-12,14H,4,7-9H2. The van der Waals surface area contributed by atoms with Gasteiger partial charge in [-0.3, -0.25) is 0 Å². The molecular weight excluding hydrogens is 220 g/mol. The Labute approximate surface area is 100 Å². The molecule has 1 fully saturated rings. The molecule has 0 aromatic heterocycles. The molecular formula is C13H16O4. The first-order valence-corrected chi connectivity index (χ1v) is 5.81. The van der Waals surface area contributed by atoms with Gasteiger partial charge in [0.25, 0.3) is 0 Å². The maximum atomic E-state index is 11.4. The third-order valence-corrected chi connectivity index (χ3v) is 2.86. The molecule has 0 spiro atoms. The van der Waals surface area contributed by atoms with Crippen molar-refractivity contribution in [2.24, 2.45) is 0 Å². The minimum absolute atomic E-state index is 0.197. The summed E-state index contributed by atoms with van der Waals surface area (Å²) in [6.45, 7) is 0.197. The highest BCUT2D eigenvalue weighted by Gasteiger charge is 2.29. The summed E-state index contributed by atoms with van der Waals surface area (Å²) in [4.78, 5) is 11.4. The van der Waals surface area contributed by atoms with E-state index in [1.54, 1.807) is 0 Å². The van der Waals surface area contributed by atoms with E-state index in [9.17, 15) is 9.90 Å². The lowest BCUT2D eigenvalue weighted by Crippen LogP contribution is -2.26. The fraction of sp³-hybridized carbons (Fsp3) is 0.462. The van der Waals surface area contributed by atoms with Crippen molar-refractivity contribution >= 4 is 6.16 Å². The molecule has 2 atom stereocenters. The second-order valence-corrected chi connectivity index (χ2v) is 4.18. The number of carbonyl (C=O) groups excluding carboxylic acids is 1. The third-order valence-electron chi connectivity index (χ3n) is 2.86. The summed E-state index contributed by atoms with van der Waals surface area (Å²) < 4.78 is 10.0. The van der Waals surface area contributed by atoms with E-state index < -0.39 is 18.4 Å². The molecule has 0 amide bonds. The minimum Gasteiger partial charge on any atom is -0.429 e. The van der Waals surface area contributed by atoms with Crippen LogP contribution in [0.2, 0.25) is 0 Å². The van der Waals surface area contributed by atoms with Crippen LogP contribution < -0.4 is 0 Å². The Morgan fingerprint density at radius 2 is 2.06 bits per heavy atom. The summed E-state index contributed by atoms with van der Waals surface area (Å²) in [6, 6.07) is 9.40. The largest absolute Gasteiger partial charge is 0.508 e. The first-order chi connectivity index (χ1) is 8.25. The second-order valence-electron chi connectivity index (χ2n) is 4.18. The predicted molar refractivity (Wildman–Crippen MR) is 61.4 cm³/mol. The van der Waals surface area contributed by atoms with Crippen LogP contribution in [0.1, 0.15) is 24.8 Å². The van der Waals surface area contributed by atoms with Gasteiger partial charge >= 0.3 is 6.16 Å². The highest BCUT2D eigenvalue weighted by atomic mass is 16.7. The van der Waals surface area contributed by atoms with Crippen molar-refractivity contribution in [1.82, 2.24) is 0 Å². The zero-order chi connectivity index (χ0) is 12.1. The van der Waals surface area contributed by atoms with Gasteiger partial charge in [-0.2, -0.15) is 0 Å². The fourth-order valence-electron chi connectivity index (χ4n) is 1.92. The Hall–Kier alpha value is -1.55. The Bertz CT molecular complexity index is 363. The first kappa shape index (κ1) is 11.9. The summed E-state index contributed by atoms with van der Waals surface area (Å²) in [6.07, 6.45) is 0.633. The highest BCUT2D eigenvalue weighted by molar-refractivity contribution is 5.60. The Balaban J connectivity index is 1.74. The summed E-state index contributed by atoms with van der Waals surface area (Å²) in [7, 11) is 0. The van der Waals surface area contributed by atoms with Crippen molar-refractivity contribution in [2.75, 3.05) is 0 Å². The van der Waals surface area contributed by atoms with Crippen LogP contribution in [-0.4, -0.2) is 23.5 Å². The average molecular weight is 236 g/mol. The zero-order valence-corrected chi connectivity index (χ0v) is 9.54. The molecule has 4 heteroatoms. The fourth-order valence-corrected chi connectivity index (χ4v) is 1.92. The van der Waals surface area contributed by atoms with Gasteiger partial charge in [0.15, 0.2) is 0 Å². The number of carbonyl (C=O) groups is 1. The number of aliphatic hydroxyl groups is 1. The van der Waals surface area contributed by atoms with Crippen LogP contribution in [0, 0.1) is 0 Å². The van der Waals surface area contributed by atoms with Gasteiger partial charge in [0.1, 0.15) is 12.7 Å². The third kappa shape index (κ3) is 3.46. The normalized spacial score (nSPS) is 23.4. The number of rotatable bonds is 3. The molecule has 92 valence electrons. The zero-order valence-electron chi connectivity index (χ0n) is 9.54. The molecule has 1 saturated carbocycles. The second kappa shape index (κ2) is 5.68. The number of benzene rings is 1. The van der Waals surface area contributed by atoms with E-state index in [0.717, 1.165) is 12.0 Å². The van der Waals surface area contributed by atoms with Gasteiger partial charge in [0.2, 0.25) is 0 Å². The SMILES string of the molecule is O=C(OCc1ccccc1)OC1CCCC1O. The molecule has 4 nitrogen and oxygen atoms in total. The van der Waals surface area contributed by atoms with Crippen molar-refractivity contribution in [3.63, 3.8) is 0 Å². The molecule has 1 N–H and O–H groups in total. The van der Waals surface area contributed by atoms with E-state index in [2.05, 4.69) is 0 Å². The minimum atomic E-state index is -0.709. The molecule has 0 aliphatic heterocycles. The highest BCUT2D eigenvalue weighted by Crippen LogP contribution is 2.22. The van der Waals surface area contributed by atoms with Gasteiger partial charge in [-0.1, -0.05) is 30.3 Å². The van der Waals surface area contributed by atoms with Crippen LogP contribution in [0.3, 0.4) is 0 Å².